The molecule has 4 rings (SSSR count). The summed E-state index contributed by atoms with van der Waals surface area (Å²) in [6, 6.07) is 9.69. The van der Waals surface area contributed by atoms with Gasteiger partial charge in [0.05, 0.1) is 12.3 Å². The topological polar surface area (TPSA) is 53.7 Å². The van der Waals surface area contributed by atoms with Gasteiger partial charge in [-0.1, -0.05) is 29.8 Å². The monoisotopic (exact) mass is 328 g/mol. The molecule has 0 saturated carbocycles. The molecule has 1 aromatic carbocycles. The smallest absolute Gasteiger partial charge is 0.165 e. The quantitative estimate of drug-likeness (QED) is 0.785. The highest BCUT2D eigenvalue weighted by Gasteiger charge is 2.21. The van der Waals surface area contributed by atoms with Crippen LogP contribution in [0.15, 0.2) is 42.7 Å². The van der Waals surface area contributed by atoms with Crippen LogP contribution in [-0.2, 0) is 0 Å². The first-order valence-electron chi connectivity index (χ1n) is 7.74. The van der Waals surface area contributed by atoms with Gasteiger partial charge in [0.15, 0.2) is 5.65 Å². The lowest BCUT2D eigenvalue weighted by molar-refractivity contribution is 0.145. The fourth-order valence-corrected chi connectivity index (χ4v) is 3.32. The Morgan fingerprint density at radius 2 is 1.87 bits per heavy atom. The van der Waals surface area contributed by atoms with Gasteiger partial charge in [0.25, 0.3) is 0 Å². The number of rotatable bonds is 2. The maximum atomic E-state index is 9.69. The van der Waals surface area contributed by atoms with Crippen molar-refractivity contribution in [2.75, 3.05) is 18.0 Å². The number of hydrogen-bond donors (Lipinski definition) is 1. The molecule has 1 aliphatic rings. The molecule has 0 atom stereocenters. The Bertz CT molecular complexity index is 839. The zero-order valence-electron chi connectivity index (χ0n) is 12.6. The number of fused-ring (bicyclic) bond motifs is 1. The first-order valence-corrected chi connectivity index (χ1v) is 8.12. The molecule has 5 nitrogen and oxygen atoms in total. The van der Waals surface area contributed by atoms with Gasteiger partial charge in [0, 0.05) is 35.4 Å². The first kappa shape index (κ1) is 14.5. The van der Waals surface area contributed by atoms with Crippen LogP contribution in [0.2, 0.25) is 5.02 Å². The van der Waals surface area contributed by atoms with Crippen molar-refractivity contribution in [3.05, 3.63) is 47.7 Å². The first-order chi connectivity index (χ1) is 11.2. The molecule has 3 heterocycles. The molecule has 6 heteroatoms. The number of aliphatic hydroxyl groups is 1. The third-order valence-electron chi connectivity index (χ3n) is 4.33. The van der Waals surface area contributed by atoms with Gasteiger partial charge in [-0.25, -0.2) is 4.98 Å². The summed E-state index contributed by atoms with van der Waals surface area (Å²) in [6.45, 7) is 1.64. The largest absolute Gasteiger partial charge is 0.393 e. The normalized spacial score (nSPS) is 16.2. The number of hydrogen-bond acceptors (Lipinski definition) is 4. The number of nitrogens with zero attached hydrogens (tertiary/aromatic N) is 4. The van der Waals surface area contributed by atoms with E-state index in [1.54, 1.807) is 6.20 Å². The summed E-state index contributed by atoms with van der Waals surface area (Å²) in [5, 5.41) is 14.9. The SMILES string of the molecule is OC1CCN(c2ccnc3c(-c4ccccc4Cl)cnn23)CC1. The van der Waals surface area contributed by atoms with Crippen LogP contribution in [0.4, 0.5) is 5.82 Å². The van der Waals surface area contributed by atoms with Crippen molar-refractivity contribution in [1.29, 1.82) is 0 Å². The van der Waals surface area contributed by atoms with Crippen molar-refractivity contribution in [2.24, 2.45) is 0 Å². The van der Waals surface area contributed by atoms with Crippen LogP contribution in [-0.4, -0.2) is 38.9 Å². The van der Waals surface area contributed by atoms with E-state index in [2.05, 4.69) is 15.0 Å². The van der Waals surface area contributed by atoms with Crippen LogP contribution in [0.5, 0.6) is 0 Å². The van der Waals surface area contributed by atoms with Gasteiger partial charge in [-0.2, -0.15) is 9.61 Å². The summed E-state index contributed by atoms with van der Waals surface area (Å²) in [7, 11) is 0. The number of aliphatic hydroxyl groups excluding tert-OH is 1. The lowest BCUT2D eigenvalue weighted by atomic mass is 10.1. The Labute approximate surface area is 139 Å². The van der Waals surface area contributed by atoms with E-state index in [0.717, 1.165) is 48.5 Å². The predicted octanol–water partition coefficient (Wildman–Crippen LogP) is 3.01. The lowest BCUT2D eigenvalue weighted by Gasteiger charge is -2.31. The highest BCUT2D eigenvalue weighted by atomic mass is 35.5. The molecular weight excluding hydrogens is 312 g/mol. The molecule has 0 spiro atoms. The second-order valence-electron chi connectivity index (χ2n) is 5.79. The molecule has 0 aliphatic carbocycles. The predicted molar refractivity (Wildman–Crippen MR) is 90.9 cm³/mol. The van der Waals surface area contributed by atoms with Crippen molar-refractivity contribution in [3.8, 4) is 11.1 Å². The van der Waals surface area contributed by atoms with Crippen molar-refractivity contribution < 1.29 is 5.11 Å². The second kappa shape index (κ2) is 5.83. The standard InChI is InChI=1S/C17H17ClN4O/c18-15-4-2-1-3-13(15)14-11-20-22-16(5-8-19-17(14)22)21-9-6-12(23)7-10-21/h1-5,8,11-12,23H,6-7,9-10H2. The van der Waals surface area contributed by atoms with Crippen molar-refractivity contribution in [2.45, 2.75) is 18.9 Å². The van der Waals surface area contributed by atoms with Crippen LogP contribution < -0.4 is 4.90 Å². The van der Waals surface area contributed by atoms with Crippen molar-refractivity contribution >= 4 is 23.1 Å². The van der Waals surface area contributed by atoms with Crippen molar-refractivity contribution in [1.82, 2.24) is 14.6 Å². The Morgan fingerprint density at radius 3 is 2.65 bits per heavy atom. The third-order valence-corrected chi connectivity index (χ3v) is 4.66. The molecule has 1 fully saturated rings. The summed E-state index contributed by atoms with van der Waals surface area (Å²) >= 11 is 6.32. The van der Waals surface area contributed by atoms with Crippen LogP contribution in [0.1, 0.15) is 12.8 Å². The molecule has 1 saturated heterocycles. The molecule has 2 aromatic heterocycles. The minimum absolute atomic E-state index is 0.195. The second-order valence-corrected chi connectivity index (χ2v) is 6.20. The van der Waals surface area contributed by atoms with E-state index in [0.29, 0.717) is 5.02 Å². The van der Waals surface area contributed by atoms with Gasteiger partial charge < -0.3 is 10.0 Å². The lowest BCUT2D eigenvalue weighted by Crippen LogP contribution is -2.36. The summed E-state index contributed by atoms with van der Waals surface area (Å²) in [6.07, 6.45) is 4.98. The molecule has 0 bridgehead atoms. The summed E-state index contributed by atoms with van der Waals surface area (Å²) in [4.78, 5) is 6.74. The number of benzene rings is 1. The van der Waals surface area contributed by atoms with E-state index in [1.165, 1.54) is 0 Å². The average molecular weight is 329 g/mol. The van der Waals surface area contributed by atoms with Gasteiger partial charge >= 0.3 is 0 Å². The molecule has 118 valence electrons. The number of piperidine rings is 1. The summed E-state index contributed by atoms with van der Waals surface area (Å²) in [5.74, 6) is 1.00. The molecule has 23 heavy (non-hydrogen) atoms. The maximum absolute atomic E-state index is 9.69. The van der Waals surface area contributed by atoms with Crippen LogP contribution in [0.25, 0.3) is 16.8 Å². The fraction of sp³-hybridized carbons (Fsp3) is 0.294. The minimum atomic E-state index is -0.195. The average Bonchev–Trinajstić information content (AvgIpc) is 3.00. The Kier molecular flexibility index (Phi) is 3.67. The molecule has 3 aromatic rings. The Hall–Kier alpha value is -2.11. The van der Waals surface area contributed by atoms with Crippen LogP contribution in [0.3, 0.4) is 0 Å². The Balaban J connectivity index is 1.80. The zero-order chi connectivity index (χ0) is 15.8. The number of anilines is 1. The minimum Gasteiger partial charge on any atom is -0.393 e. The zero-order valence-corrected chi connectivity index (χ0v) is 13.3. The molecular formula is C17H17ClN4O. The summed E-state index contributed by atoms with van der Waals surface area (Å²) in [5.41, 5.74) is 2.65. The molecule has 0 radical (unpaired) electrons. The highest BCUT2D eigenvalue weighted by molar-refractivity contribution is 6.33. The van der Waals surface area contributed by atoms with Gasteiger partial charge in [0.1, 0.15) is 5.82 Å². The molecule has 0 unspecified atom stereocenters. The van der Waals surface area contributed by atoms with Crippen LogP contribution >= 0.6 is 11.6 Å². The third kappa shape index (κ3) is 2.56. The maximum Gasteiger partial charge on any atom is 0.165 e. The molecule has 1 aliphatic heterocycles. The fourth-order valence-electron chi connectivity index (χ4n) is 3.08. The Morgan fingerprint density at radius 1 is 1.09 bits per heavy atom. The van der Waals surface area contributed by atoms with Gasteiger partial charge in [-0.15, -0.1) is 0 Å². The molecule has 0 amide bonds. The number of aromatic nitrogens is 3. The van der Waals surface area contributed by atoms with E-state index in [9.17, 15) is 5.11 Å². The van der Waals surface area contributed by atoms with Crippen LogP contribution in [0, 0.1) is 0 Å². The highest BCUT2D eigenvalue weighted by Crippen LogP contribution is 2.31. The van der Waals surface area contributed by atoms with E-state index in [4.69, 9.17) is 11.6 Å². The molecule has 1 N–H and O–H groups in total. The van der Waals surface area contributed by atoms with Gasteiger partial charge in [-0.3, -0.25) is 0 Å². The van der Waals surface area contributed by atoms with Gasteiger partial charge in [-0.05, 0) is 25.0 Å². The number of halogens is 1. The van der Waals surface area contributed by atoms with E-state index >= 15 is 0 Å². The van der Waals surface area contributed by atoms with E-state index < -0.39 is 0 Å². The van der Waals surface area contributed by atoms with Crippen molar-refractivity contribution in [3.63, 3.8) is 0 Å². The van der Waals surface area contributed by atoms with Gasteiger partial charge in [0.2, 0.25) is 0 Å². The van der Waals surface area contributed by atoms with E-state index in [-0.39, 0.29) is 6.10 Å². The van der Waals surface area contributed by atoms with E-state index in [1.807, 2.05) is 41.0 Å². The summed E-state index contributed by atoms with van der Waals surface area (Å²) < 4.78 is 1.86.